The number of nitrogens with one attached hydrogen (secondary N) is 2. The molecule has 0 unspecified atom stereocenters. The monoisotopic (exact) mass is 432 g/mol. The van der Waals surface area contributed by atoms with E-state index >= 15 is 0 Å². The molecule has 0 aliphatic rings. The van der Waals surface area contributed by atoms with Crippen LogP contribution in [0.3, 0.4) is 0 Å². The van der Waals surface area contributed by atoms with Crippen LogP contribution in [0.5, 0.6) is 0 Å². The van der Waals surface area contributed by atoms with Crippen molar-refractivity contribution >= 4 is 33.2 Å². The fourth-order valence-corrected chi connectivity index (χ4v) is 3.80. The number of anilines is 1. The summed E-state index contributed by atoms with van der Waals surface area (Å²) in [6.07, 6.45) is 0.641. The molecule has 2 N–H and O–H groups in total. The molecule has 3 rings (SSSR count). The molecule has 0 aliphatic heterocycles. The molecule has 8 heteroatoms. The van der Waals surface area contributed by atoms with Gasteiger partial charge in [0.1, 0.15) is 5.82 Å². The Morgan fingerprint density at radius 2 is 1.59 bits per heavy atom. The van der Waals surface area contributed by atoms with Crippen molar-refractivity contribution in [3.8, 4) is 0 Å². The predicted octanol–water partition coefficient (Wildman–Crippen LogP) is 4.25. The zero-order chi connectivity index (χ0) is 20.9. The van der Waals surface area contributed by atoms with Gasteiger partial charge in [-0.25, -0.2) is 12.8 Å². The van der Waals surface area contributed by atoms with Gasteiger partial charge in [0.2, 0.25) is 0 Å². The lowest BCUT2D eigenvalue weighted by Gasteiger charge is -2.10. The van der Waals surface area contributed by atoms with Crippen molar-refractivity contribution in [1.82, 2.24) is 5.32 Å². The van der Waals surface area contributed by atoms with Crippen molar-refractivity contribution in [3.05, 3.63) is 94.8 Å². The summed E-state index contributed by atoms with van der Waals surface area (Å²) in [6, 6.07) is 18.3. The number of hydrogen-bond donors (Lipinski definition) is 2. The van der Waals surface area contributed by atoms with Gasteiger partial charge in [-0.2, -0.15) is 0 Å². The number of para-hydroxylation sites is 1. The minimum Gasteiger partial charge on any atom is -0.352 e. The minimum absolute atomic E-state index is 0.0709. The van der Waals surface area contributed by atoms with E-state index in [0.717, 1.165) is 11.6 Å². The lowest BCUT2D eigenvalue weighted by Crippen LogP contribution is -2.25. The molecule has 3 aromatic rings. The molecule has 0 spiro atoms. The van der Waals surface area contributed by atoms with E-state index in [1.807, 2.05) is 12.1 Å². The summed E-state index contributed by atoms with van der Waals surface area (Å²) in [5.41, 5.74) is 1.22. The zero-order valence-corrected chi connectivity index (χ0v) is 16.8. The van der Waals surface area contributed by atoms with Crippen molar-refractivity contribution in [2.45, 2.75) is 11.3 Å². The Hall–Kier alpha value is -2.90. The molecule has 0 fully saturated rings. The molecule has 0 heterocycles. The van der Waals surface area contributed by atoms with E-state index in [2.05, 4.69) is 10.0 Å². The van der Waals surface area contributed by atoms with Gasteiger partial charge in [-0.05, 0) is 60.5 Å². The maximum Gasteiger partial charge on any atom is 0.261 e. The Labute approximate surface area is 173 Å². The number of carbonyl (C=O) groups is 1. The maximum absolute atomic E-state index is 13.7. The van der Waals surface area contributed by atoms with E-state index in [9.17, 15) is 17.6 Å². The van der Waals surface area contributed by atoms with E-state index in [-0.39, 0.29) is 16.5 Å². The second kappa shape index (κ2) is 9.07. The van der Waals surface area contributed by atoms with Crippen LogP contribution >= 0.6 is 11.6 Å². The molecule has 150 valence electrons. The van der Waals surface area contributed by atoms with Crippen LogP contribution in [0.1, 0.15) is 15.9 Å². The first kappa shape index (κ1) is 20.8. The fraction of sp³-hybridized carbons (Fsp3) is 0.0952. The Kier molecular flexibility index (Phi) is 6.51. The van der Waals surface area contributed by atoms with Gasteiger partial charge in [-0.1, -0.05) is 35.9 Å². The first-order valence-electron chi connectivity index (χ1n) is 8.75. The molecular weight excluding hydrogens is 415 g/mol. The topological polar surface area (TPSA) is 75.3 Å². The smallest absolute Gasteiger partial charge is 0.261 e. The number of amides is 1. The van der Waals surface area contributed by atoms with Crippen molar-refractivity contribution in [1.29, 1.82) is 0 Å². The summed E-state index contributed by atoms with van der Waals surface area (Å²) in [4.78, 5) is 12.2. The predicted molar refractivity (Wildman–Crippen MR) is 111 cm³/mol. The van der Waals surface area contributed by atoms with Crippen molar-refractivity contribution in [2.75, 3.05) is 11.3 Å². The lowest BCUT2D eigenvalue weighted by atomic mass is 10.1. The number of sulfonamides is 1. The third-order valence-electron chi connectivity index (χ3n) is 4.16. The Bertz CT molecular complexity index is 1100. The molecular formula is C21H18ClFN2O3S. The quantitative estimate of drug-likeness (QED) is 0.586. The van der Waals surface area contributed by atoms with Gasteiger partial charge in [0.15, 0.2) is 0 Å². The van der Waals surface area contributed by atoms with Crippen LogP contribution < -0.4 is 10.0 Å². The largest absolute Gasteiger partial charge is 0.352 e. The molecule has 0 radical (unpaired) electrons. The van der Waals surface area contributed by atoms with Gasteiger partial charge in [0.05, 0.1) is 10.6 Å². The van der Waals surface area contributed by atoms with Gasteiger partial charge >= 0.3 is 0 Å². The zero-order valence-electron chi connectivity index (χ0n) is 15.2. The van der Waals surface area contributed by atoms with Crippen LogP contribution in [0.15, 0.2) is 77.7 Å². The first-order valence-corrected chi connectivity index (χ1v) is 10.6. The number of benzene rings is 3. The summed E-state index contributed by atoms with van der Waals surface area (Å²) in [5.74, 6) is -0.988. The van der Waals surface area contributed by atoms with Gasteiger partial charge in [-0.3, -0.25) is 9.52 Å². The van der Waals surface area contributed by atoms with Crippen molar-refractivity contribution in [2.24, 2.45) is 0 Å². The van der Waals surface area contributed by atoms with E-state index in [1.165, 1.54) is 42.5 Å². The molecule has 0 atom stereocenters. The van der Waals surface area contributed by atoms with E-state index < -0.39 is 15.8 Å². The summed E-state index contributed by atoms with van der Waals surface area (Å²) in [5, 5.41) is 3.43. The third-order valence-corrected chi connectivity index (χ3v) is 5.79. The highest BCUT2D eigenvalue weighted by atomic mass is 35.5. The molecule has 0 saturated carbocycles. The Morgan fingerprint density at radius 3 is 2.24 bits per heavy atom. The van der Waals surface area contributed by atoms with E-state index in [4.69, 9.17) is 11.6 Å². The minimum atomic E-state index is -3.97. The molecule has 29 heavy (non-hydrogen) atoms. The third kappa shape index (κ3) is 5.56. The molecule has 5 nitrogen and oxygen atoms in total. The molecule has 0 saturated heterocycles. The fourth-order valence-electron chi connectivity index (χ4n) is 2.61. The summed E-state index contributed by atoms with van der Waals surface area (Å²) in [6.45, 7) is 0.426. The Morgan fingerprint density at radius 1 is 0.931 bits per heavy atom. The van der Waals surface area contributed by atoms with Crippen LogP contribution in [0.4, 0.5) is 10.1 Å². The molecule has 3 aromatic carbocycles. The van der Waals surface area contributed by atoms with Crippen molar-refractivity contribution in [3.63, 3.8) is 0 Å². The number of halogens is 2. The molecule has 0 aromatic heterocycles. The van der Waals surface area contributed by atoms with E-state index in [0.29, 0.717) is 23.6 Å². The first-order chi connectivity index (χ1) is 13.8. The SMILES string of the molecule is O=C(NCCc1ccc(Cl)cc1)c1ccc(S(=O)(=O)Nc2ccccc2F)cc1. The Balaban J connectivity index is 1.60. The highest BCUT2D eigenvalue weighted by Crippen LogP contribution is 2.19. The van der Waals surface area contributed by atoms with Gasteiger partial charge in [-0.15, -0.1) is 0 Å². The number of carbonyl (C=O) groups excluding carboxylic acids is 1. The summed E-state index contributed by atoms with van der Waals surface area (Å²) in [7, 11) is -3.97. The molecule has 1 amide bonds. The normalized spacial score (nSPS) is 11.1. The van der Waals surface area contributed by atoms with Gasteiger partial charge < -0.3 is 5.32 Å². The average molecular weight is 433 g/mol. The van der Waals surface area contributed by atoms with Crippen LogP contribution in [0.25, 0.3) is 0 Å². The number of hydrogen-bond acceptors (Lipinski definition) is 3. The van der Waals surface area contributed by atoms with Gasteiger partial charge in [0.25, 0.3) is 15.9 Å². The average Bonchev–Trinajstić information content (AvgIpc) is 2.71. The van der Waals surface area contributed by atoms with Crippen LogP contribution in [0, 0.1) is 5.82 Å². The summed E-state index contributed by atoms with van der Waals surface area (Å²) >= 11 is 5.84. The van der Waals surface area contributed by atoms with E-state index in [1.54, 1.807) is 12.1 Å². The van der Waals surface area contributed by atoms with Crippen LogP contribution in [-0.2, 0) is 16.4 Å². The standard InChI is InChI=1S/C21H18ClFN2O3S/c22-17-9-5-15(6-10-17)13-14-24-21(26)16-7-11-18(12-8-16)29(27,28)25-20-4-2-1-3-19(20)23/h1-12,25H,13-14H2,(H,24,26). The molecule has 0 aliphatic carbocycles. The second-order valence-corrected chi connectivity index (χ2v) is 8.36. The summed E-state index contributed by atoms with van der Waals surface area (Å²) < 4.78 is 40.7. The highest BCUT2D eigenvalue weighted by molar-refractivity contribution is 7.92. The lowest BCUT2D eigenvalue weighted by molar-refractivity contribution is 0.0954. The second-order valence-electron chi connectivity index (χ2n) is 6.24. The number of rotatable bonds is 7. The van der Waals surface area contributed by atoms with Crippen LogP contribution in [-0.4, -0.2) is 20.9 Å². The van der Waals surface area contributed by atoms with Crippen molar-refractivity contribution < 1.29 is 17.6 Å². The highest BCUT2D eigenvalue weighted by Gasteiger charge is 2.17. The van der Waals surface area contributed by atoms with Crippen LogP contribution in [0.2, 0.25) is 5.02 Å². The maximum atomic E-state index is 13.7. The molecule has 0 bridgehead atoms. The van der Waals surface area contributed by atoms with Gasteiger partial charge in [0, 0.05) is 17.1 Å².